The van der Waals surface area contributed by atoms with E-state index < -0.39 is 17.4 Å². The third kappa shape index (κ3) is 1.18. The number of esters is 2. The molecule has 0 aromatic rings. The lowest BCUT2D eigenvalue weighted by Gasteiger charge is -2.31. The summed E-state index contributed by atoms with van der Waals surface area (Å²) in [5, 5.41) is 0. The number of rotatable bonds is 2. The van der Waals surface area contributed by atoms with Gasteiger partial charge in [-0.15, -0.1) is 0 Å². The molecular weight excluding hydrogens is 248 g/mol. The molecule has 0 spiro atoms. The molecule has 100 valence electrons. The van der Waals surface area contributed by atoms with Crippen molar-refractivity contribution in [1.82, 2.24) is 0 Å². The van der Waals surface area contributed by atoms with Crippen LogP contribution in [0.2, 0.25) is 0 Å². The van der Waals surface area contributed by atoms with Gasteiger partial charge in [-0.1, -0.05) is 18.2 Å². The number of carbonyl (C=O) groups is 3. The van der Waals surface area contributed by atoms with Crippen LogP contribution in [-0.2, 0) is 23.9 Å². The molecule has 0 unspecified atom stereocenters. The van der Waals surface area contributed by atoms with E-state index in [0.717, 1.165) is 6.42 Å². The van der Waals surface area contributed by atoms with E-state index in [0.29, 0.717) is 0 Å². The average molecular weight is 262 g/mol. The first-order valence-electron chi connectivity index (χ1n) is 6.19. The fourth-order valence-corrected chi connectivity index (χ4v) is 3.80. The Morgan fingerprint density at radius 2 is 2.05 bits per heavy atom. The van der Waals surface area contributed by atoms with Crippen molar-refractivity contribution < 1.29 is 23.9 Å². The number of carbonyl (C=O) groups excluding carboxylic acids is 3. The lowest BCUT2D eigenvalue weighted by atomic mass is 9.70. The van der Waals surface area contributed by atoms with Gasteiger partial charge in [-0.05, 0) is 12.3 Å². The van der Waals surface area contributed by atoms with Gasteiger partial charge < -0.3 is 9.47 Å². The van der Waals surface area contributed by atoms with Crippen LogP contribution in [-0.4, -0.2) is 31.9 Å². The fourth-order valence-electron chi connectivity index (χ4n) is 3.80. The van der Waals surface area contributed by atoms with Crippen LogP contribution in [0.4, 0.5) is 0 Å². The van der Waals surface area contributed by atoms with Crippen LogP contribution >= 0.6 is 0 Å². The predicted molar refractivity (Wildman–Crippen MR) is 63.8 cm³/mol. The number of hydrogen-bond acceptors (Lipinski definition) is 5. The van der Waals surface area contributed by atoms with Crippen LogP contribution in [0, 0.1) is 23.2 Å². The number of Topliss-reactive ketones (excluding diaryl/α,β-unsaturated/α-hetero) is 1. The zero-order chi connectivity index (χ0) is 13.8. The van der Waals surface area contributed by atoms with E-state index in [2.05, 4.69) is 0 Å². The summed E-state index contributed by atoms with van der Waals surface area (Å²) >= 11 is 0. The Balaban J connectivity index is 2.19. The smallest absolute Gasteiger partial charge is 0.335 e. The SMILES string of the molecule is COC(=O)C1=C[C@@H]2C(=O)[C@@]1(C(=O)OC)[C@H]1C=CC[C@@H]21. The molecule has 0 aliphatic heterocycles. The van der Waals surface area contributed by atoms with E-state index >= 15 is 0 Å². The van der Waals surface area contributed by atoms with Gasteiger partial charge in [-0.2, -0.15) is 0 Å². The predicted octanol–water partition coefficient (Wildman–Crippen LogP) is 0.650. The number of ether oxygens (including phenoxy) is 2. The molecule has 3 aliphatic rings. The molecule has 3 rings (SSSR count). The van der Waals surface area contributed by atoms with Crippen molar-refractivity contribution in [2.45, 2.75) is 6.42 Å². The van der Waals surface area contributed by atoms with Crippen molar-refractivity contribution in [2.75, 3.05) is 14.2 Å². The Kier molecular flexibility index (Phi) is 2.42. The molecule has 0 amide bonds. The first-order valence-corrected chi connectivity index (χ1v) is 6.19. The molecule has 0 aromatic heterocycles. The summed E-state index contributed by atoms with van der Waals surface area (Å²) in [5.74, 6) is -2.10. The molecule has 5 nitrogen and oxygen atoms in total. The van der Waals surface area contributed by atoms with Gasteiger partial charge in [-0.3, -0.25) is 9.59 Å². The molecule has 1 saturated carbocycles. The van der Waals surface area contributed by atoms with Crippen LogP contribution < -0.4 is 0 Å². The average Bonchev–Trinajstić information content (AvgIpc) is 3.06. The maximum atomic E-state index is 12.5. The Hall–Kier alpha value is -1.91. The monoisotopic (exact) mass is 262 g/mol. The molecular formula is C14H14O5. The quantitative estimate of drug-likeness (QED) is 0.415. The highest BCUT2D eigenvalue weighted by Crippen LogP contribution is 2.61. The summed E-state index contributed by atoms with van der Waals surface area (Å²) in [6, 6.07) is 0. The van der Waals surface area contributed by atoms with Gasteiger partial charge in [0.2, 0.25) is 0 Å². The summed E-state index contributed by atoms with van der Waals surface area (Å²) in [6.45, 7) is 0. The Morgan fingerprint density at radius 1 is 1.32 bits per heavy atom. The van der Waals surface area contributed by atoms with Crippen LogP contribution in [0.3, 0.4) is 0 Å². The molecule has 0 heterocycles. The normalized spacial score (nSPS) is 38.1. The minimum Gasteiger partial charge on any atom is -0.468 e. The third-order valence-electron chi connectivity index (χ3n) is 4.55. The second-order valence-electron chi connectivity index (χ2n) is 5.12. The van der Waals surface area contributed by atoms with Gasteiger partial charge in [0.05, 0.1) is 19.8 Å². The maximum absolute atomic E-state index is 12.5. The van der Waals surface area contributed by atoms with E-state index in [-0.39, 0.29) is 29.1 Å². The standard InChI is InChI=1S/C14H14O5/c1-18-12(16)10-6-8-7-4-3-5-9(7)14(10,11(8)15)13(17)19-2/h3,5-9H,4H2,1-2H3/t7-,8-,9-,14+/m0/s1. The van der Waals surface area contributed by atoms with Gasteiger partial charge >= 0.3 is 11.9 Å². The first kappa shape index (κ1) is 12.1. The summed E-state index contributed by atoms with van der Waals surface area (Å²) in [5.41, 5.74) is -1.34. The molecule has 0 N–H and O–H groups in total. The van der Waals surface area contributed by atoms with Gasteiger partial charge in [0.15, 0.2) is 11.2 Å². The third-order valence-corrected chi connectivity index (χ3v) is 4.55. The van der Waals surface area contributed by atoms with Gasteiger partial charge in [0.1, 0.15) is 0 Å². The molecule has 0 aromatic carbocycles. The minimum absolute atomic E-state index is 0.0695. The first-order chi connectivity index (χ1) is 9.08. The van der Waals surface area contributed by atoms with Crippen molar-refractivity contribution in [1.29, 1.82) is 0 Å². The number of methoxy groups -OCH3 is 2. The molecule has 0 radical (unpaired) electrons. The lowest BCUT2D eigenvalue weighted by molar-refractivity contribution is -0.158. The largest absolute Gasteiger partial charge is 0.468 e. The molecule has 19 heavy (non-hydrogen) atoms. The van der Waals surface area contributed by atoms with Gasteiger partial charge in [0, 0.05) is 11.8 Å². The zero-order valence-corrected chi connectivity index (χ0v) is 10.7. The summed E-state index contributed by atoms with van der Waals surface area (Å²) in [6.07, 6.45) is 6.17. The number of fused-ring (bicyclic) bond motifs is 5. The fraction of sp³-hybridized carbons (Fsp3) is 0.500. The van der Waals surface area contributed by atoms with Gasteiger partial charge in [0.25, 0.3) is 0 Å². The van der Waals surface area contributed by atoms with Crippen LogP contribution in [0.5, 0.6) is 0 Å². The molecule has 0 saturated heterocycles. The minimum atomic E-state index is -1.48. The molecule has 2 bridgehead atoms. The van der Waals surface area contributed by atoms with E-state index in [1.807, 2.05) is 12.2 Å². The van der Waals surface area contributed by atoms with Gasteiger partial charge in [-0.25, -0.2) is 4.79 Å². The van der Waals surface area contributed by atoms with E-state index in [4.69, 9.17) is 9.47 Å². The molecule has 1 fully saturated rings. The Bertz CT molecular complexity index is 544. The molecule has 5 heteroatoms. The highest BCUT2D eigenvalue weighted by Gasteiger charge is 2.71. The lowest BCUT2D eigenvalue weighted by Crippen LogP contribution is -2.44. The Labute approximate surface area is 110 Å². The van der Waals surface area contributed by atoms with Crippen molar-refractivity contribution in [3.8, 4) is 0 Å². The highest BCUT2D eigenvalue weighted by atomic mass is 16.5. The summed E-state index contributed by atoms with van der Waals surface area (Å²) in [7, 11) is 2.48. The summed E-state index contributed by atoms with van der Waals surface area (Å²) in [4.78, 5) is 36.7. The summed E-state index contributed by atoms with van der Waals surface area (Å²) < 4.78 is 9.53. The van der Waals surface area contributed by atoms with E-state index in [1.165, 1.54) is 14.2 Å². The topological polar surface area (TPSA) is 69.7 Å². The van der Waals surface area contributed by atoms with Crippen LogP contribution in [0.15, 0.2) is 23.8 Å². The Morgan fingerprint density at radius 3 is 2.68 bits per heavy atom. The number of ketones is 1. The van der Waals surface area contributed by atoms with Crippen LogP contribution in [0.1, 0.15) is 6.42 Å². The highest BCUT2D eigenvalue weighted by molar-refractivity contribution is 6.20. The van der Waals surface area contributed by atoms with Crippen molar-refractivity contribution in [3.05, 3.63) is 23.8 Å². The van der Waals surface area contributed by atoms with Crippen molar-refractivity contribution >= 4 is 17.7 Å². The second kappa shape index (κ2) is 3.79. The van der Waals surface area contributed by atoms with E-state index in [1.54, 1.807) is 6.08 Å². The van der Waals surface area contributed by atoms with Crippen molar-refractivity contribution in [3.63, 3.8) is 0 Å². The maximum Gasteiger partial charge on any atom is 0.335 e. The van der Waals surface area contributed by atoms with Crippen LogP contribution in [0.25, 0.3) is 0 Å². The number of hydrogen-bond donors (Lipinski definition) is 0. The molecule has 4 atom stereocenters. The zero-order valence-electron chi connectivity index (χ0n) is 10.7. The molecule has 3 aliphatic carbocycles. The second-order valence-corrected chi connectivity index (χ2v) is 5.12. The number of allylic oxidation sites excluding steroid dienone is 3. The van der Waals surface area contributed by atoms with E-state index in [9.17, 15) is 14.4 Å². The van der Waals surface area contributed by atoms with Crippen molar-refractivity contribution in [2.24, 2.45) is 23.2 Å².